The molecule has 1 saturated heterocycles. The van der Waals surface area contributed by atoms with Gasteiger partial charge >= 0.3 is 0 Å². The van der Waals surface area contributed by atoms with Crippen LogP contribution in [0.15, 0.2) is 0 Å². The van der Waals surface area contributed by atoms with Crippen molar-refractivity contribution in [2.24, 2.45) is 23.0 Å². The smallest absolute Gasteiger partial charge is 0.0295 e. The molecular formula is C16H32N2. The van der Waals surface area contributed by atoms with Crippen LogP contribution in [0, 0.1) is 17.3 Å². The van der Waals surface area contributed by atoms with E-state index in [0.29, 0.717) is 17.5 Å². The molecule has 1 heterocycles. The fraction of sp³-hybridized carbons (Fsp3) is 1.00. The quantitative estimate of drug-likeness (QED) is 0.835. The molecule has 0 aromatic carbocycles. The highest BCUT2D eigenvalue weighted by Crippen LogP contribution is 2.38. The zero-order chi connectivity index (χ0) is 13.3. The first-order chi connectivity index (χ1) is 8.41. The lowest BCUT2D eigenvalue weighted by atomic mass is 9.74. The van der Waals surface area contributed by atoms with Crippen molar-refractivity contribution in [2.45, 2.75) is 71.9 Å². The molecule has 18 heavy (non-hydrogen) atoms. The van der Waals surface area contributed by atoms with Crippen LogP contribution in [0.25, 0.3) is 0 Å². The first-order valence-electron chi connectivity index (χ1n) is 7.91. The van der Waals surface area contributed by atoms with Gasteiger partial charge in [-0.3, -0.25) is 4.90 Å². The Kier molecular flexibility index (Phi) is 4.38. The van der Waals surface area contributed by atoms with Gasteiger partial charge in [0, 0.05) is 25.2 Å². The minimum Gasteiger partial charge on any atom is -0.326 e. The van der Waals surface area contributed by atoms with E-state index in [1.807, 2.05) is 0 Å². The third-order valence-electron chi connectivity index (χ3n) is 5.03. The van der Waals surface area contributed by atoms with E-state index in [2.05, 4.69) is 32.6 Å². The highest BCUT2D eigenvalue weighted by molar-refractivity contribution is 4.95. The van der Waals surface area contributed by atoms with Crippen LogP contribution in [0.4, 0.5) is 0 Å². The minimum absolute atomic E-state index is 0.293. The lowest BCUT2D eigenvalue weighted by molar-refractivity contribution is 0.000570. The highest BCUT2D eigenvalue weighted by atomic mass is 15.2. The van der Waals surface area contributed by atoms with E-state index in [9.17, 15) is 0 Å². The van der Waals surface area contributed by atoms with Crippen molar-refractivity contribution in [3.05, 3.63) is 0 Å². The zero-order valence-corrected chi connectivity index (χ0v) is 12.8. The lowest BCUT2D eigenvalue weighted by Gasteiger charge is -2.50. The Morgan fingerprint density at radius 2 is 1.72 bits per heavy atom. The van der Waals surface area contributed by atoms with E-state index in [1.165, 1.54) is 38.8 Å². The molecule has 2 nitrogen and oxygen atoms in total. The van der Waals surface area contributed by atoms with Crippen molar-refractivity contribution < 1.29 is 0 Å². The van der Waals surface area contributed by atoms with Gasteiger partial charge in [0.05, 0.1) is 0 Å². The van der Waals surface area contributed by atoms with Crippen LogP contribution >= 0.6 is 0 Å². The van der Waals surface area contributed by atoms with Gasteiger partial charge in [-0.1, -0.05) is 34.1 Å². The molecule has 4 unspecified atom stereocenters. The van der Waals surface area contributed by atoms with Gasteiger partial charge in [-0.2, -0.15) is 0 Å². The van der Waals surface area contributed by atoms with Crippen LogP contribution in [-0.2, 0) is 0 Å². The molecule has 0 aromatic rings. The zero-order valence-electron chi connectivity index (χ0n) is 12.8. The fourth-order valence-corrected chi connectivity index (χ4v) is 4.38. The molecule has 2 aliphatic rings. The van der Waals surface area contributed by atoms with Crippen molar-refractivity contribution in [1.29, 1.82) is 0 Å². The Bertz CT molecular complexity index is 257. The maximum absolute atomic E-state index is 6.44. The molecule has 1 aliphatic heterocycles. The van der Waals surface area contributed by atoms with Gasteiger partial charge in [0.2, 0.25) is 0 Å². The van der Waals surface area contributed by atoms with Gasteiger partial charge in [0.1, 0.15) is 0 Å². The van der Waals surface area contributed by atoms with Crippen molar-refractivity contribution in [2.75, 3.05) is 13.1 Å². The van der Waals surface area contributed by atoms with Gasteiger partial charge < -0.3 is 5.73 Å². The standard InChI is InChI=1S/C16H32N2/c1-5-14(17)15(16(2,3)4)18-10-12-7-6-8-13(9-12)11-18/h12-15H,5-11,17H2,1-4H3. The number of piperidine rings is 1. The van der Waals surface area contributed by atoms with Gasteiger partial charge in [-0.25, -0.2) is 0 Å². The molecule has 0 aromatic heterocycles. The lowest BCUT2D eigenvalue weighted by Crippen LogP contribution is -2.58. The Hall–Kier alpha value is -0.0800. The van der Waals surface area contributed by atoms with Crippen LogP contribution in [-0.4, -0.2) is 30.1 Å². The Labute approximate surface area is 113 Å². The fourth-order valence-electron chi connectivity index (χ4n) is 4.38. The number of fused-ring (bicyclic) bond motifs is 2. The third-order valence-corrected chi connectivity index (χ3v) is 5.03. The van der Waals surface area contributed by atoms with Crippen molar-refractivity contribution in [1.82, 2.24) is 4.90 Å². The van der Waals surface area contributed by atoms with Crippen molar-refractivity contribution >= 4 is 0 Å². The first kappa shape index (κ1) is 14.3. The number of hydrogen-bond acceptors (Lipinski definition) is 2. The molecule has 1 saturated carbocycles. The Balaban J connectivity index is 2.11. The molecule has 0 amide bonds. The van der Waals surface area contributed by atoms with Gasteiger partial charge in [0.15, 0.2) is 0 Å². The summed E-state index contributed by atoms with van der Waals surface area (Å²) in [5.41, 5.74) is 6.74. The SMILES string of the molecule is CCC(N)C(N1CC2CCCC(C2)C1)C(C)(C)C. The van der Waals surface area contributed by atoms with E-state index >= 15 is 0 Å². The molecule has 2 rings (SSSR count). The normalized spacial score (nSPS) is 33.2. The molecule has 4 atom stereocenters. The van der Waals surface area contributed by atoms with E-state index < -0.39 is 0 Å². The van der Waals surface area contributed by atoms with Crippen LogP contribution in [0.2, 0.25) is 0 Å². The van der Waals surface area contributed by atoms with E-state index in [0.717, 1.165) is 18.3 Å². The van der Waals surface area contributed by atoms with Crippen LogP contribution < -0.4 is 5.73 Å². The highest BCUT2D eigenvalue weighted by Gasteiger charge is 2.39. The molecule has 2 N–H and O–H groups in total. The second kappa shape index (κ2) is 5.50. The summed E-state index contributed by atoms with van der Waals surface area (Å²) in [6.07, 6.45) is 6.93. The number of nitrogens with zero attached hydrogens (tertiary/aromatic N) is 1. The predicted octanol–water partition coefficient (Wildman–Crippen LogP) is 3.26. The Morgan fingerprint density at radius 3 is 2.17 bits per heavy atom. The predicted molar refractivity (Wildman–Crippen MR) is 78.5 cm³/mol. The van der Waals surface area contributed by atoms with Gasteiger partial charge in [-0.05, 0) is 42.9 Å². The molecule has 106 valence electrons. The molecular weight excluding hydrogens is 220 g/mol. The second-order valence-corrected chi connectivity index (χ2v) is 7.74. The molecule has 1 aliphatic carbocycles. The number of hydrogen-bond donors (Lipinski definition) is 1. The summed E-state index contributed by atoms with van der Waals surface area (Å²) in [5, 5.41) is 0. The summed E-state index contributed by atoms with van der Waals surface area (Å²) in [7, 11) is 0. The number of nitrogens with two attached hydrogens (primary N) is 1. The van der Waals surface area contributed by atoms with Gasteiger partial charge in [0.25, 0.3) is 0 Å². The molecule has 2 heteroatoms. The average molecular weight is 252 g/mol. The maximum Gasteiger partial charge on any atom is 0.0295 e. The number of likely N-dealkylation sites (tertiary alicyclic amines) is 1. The Morgan fingerprint density at radius 1 is 1.17 bits per heavy atom. The second-order valence-electron chi connectivity index (χ2n) is 7.74. The molecule has 0 spiro atoms. The topological polar surface area (TPSA) is 29.3 Å². The maximum atomic E-state index is 6.44. The van der Waals surface area contributed by atoms with Gasteiger partial charge in [-0.15, -0.1) is 0 Å². The summed E-state index contributed by atoms with van der Waals surface area (Å²) in [4.78, 5) is 2.74. The average Bonchev–Trinajstić information content (AvgIpc) is 2.26. The van der Waals surface area contributed by atoms with Crippen LogP contribution in [0.3, 0.4) is 0 Å². The summed E-state index contributed by atoms with van der Waals surface area (Å²) in [6, 6.07) is 0.870. The van der Waals surface area contributed by atoms with E-state index in [-0.39, 0.29) is 0 Å². The summed E-state index contributed by atoms with van der Waals surface area (Å²) < 4.78 is 0. The molecule has 2 bridgehead atoms. The molecule has 2 fully saturated rings. The number of rotatable bonds is 3. The third kappa shape index (κ3) is 3.08. The summed E-state index contributed by atoms with van der Waals surface area (Å²) in [5.74, 6) is 1.90. The van der Waals surface area contributed by atoms with E-state index in [1.54, 1.807) is 0 Å². The molecule has 0 radical (unpaired) electrons. The van der Waals surface area contributed by atoms with Crippen LogP contribution in [0.1, 0.15) is 59.8 Å². The first-order valence-corrected chi connectivity index (χ1v) is 7.91. The van der Waals surface area contributed by atoms with Crippen molar-refractivity contribution in [3.63, 3.8) is 0 Å². The van der Waals surface area contributed by atoms with Crippen LogP contribution in [0.5, 0.6) is 0 Å². The monoisotopic (exact) mass is 252 g/mol. The summed E-state index contributed by atoms with van der Waals surface area (Å²) >= 11 is 0. The largest absolute Gasteiger partial charge is 0.326 e. The minimum atomic E-state index is 0.293. The van der Waals surface area contributed by atoms with Crippen molar-refractivity contribution in [3.8, 4) is 0 Å². The van der Waals surface area contributed by atoms with E-state index in [4.69, 9.17) is 5.73 Å². The summed E-state index contributed by atoms with van der Waals surface area (Å²) in [6.45, 7) is 11.9.